The van der Waals surface area contributed by atoms with Crippen molar-refractivity contribution in [3.05, 3.63) is 48.5 Å². The van der Waals surface area contributed by atoms with Crippen molar-refractivity contribution in [3.63, 3.8) is 0 Å². The van der Waals surface area contributed by atoms with Gasteiger partial charge in [-0.1, -0.05) is 18.2 Å². The highest BCUT2D eigenvalue weighted by molar-refractivity contribution is 7.91. The molecule has 0 atom stereocenters. The normalized spacial score (nSPS) is 13.4. The fraction of sp³-hybridized carbons (Fsp3) is 0.111. The molecular formula is C18H17N3O12S4. The third kappa shape index (κ3) is 6.84. The summed E-state index contributed by atoms with van der Waals surface area (Å²) in [6.07, 6.45) is 0. The Kier molecular flexibility index (Phi) is 7.73. The van der Waals surface area contributed by atoms with Crippen LogP contribution in [-0.2, 0) is 44.7 Å². The van der Waals surface area contributed by atoms with E-state index in [4.69, 9.17) is 10.3 Å². The van der Waals surface area contributed by atoms with Crippen molar-refractivity contribution in [2.45, 2.75) is 14.7 Å². The largest absolute Gasteiger partial charge is 0.397 e. The number of nitrogens with two attached hydrogens (primary N) is 1. The third-order valence-corrected chi connectivity index (χ3v) is 8.65. The molecular weight excluding hydrogens is 578 g/mol. The van der Waals surface area contributed by atoms with Crippen LogP contribution in [0.3, 0.4) is 0 Å². The van der Waals surface area contributed by atoms with Gasteiger partial charge in [-0.25, -0.2) is 12.6 Å². The first-order valence-corrected chi connectivity index (χ1v) is 15.5. The van der Waals surface area contributed by atoms with Gasteiger partial charge in [0.1, 0.15) is 21.2 Å². The monoisotopic (exact) mass is 595 g/mol. The summed E-state index contributed by atoms with van der Waals surface area (Å²) in [4.78, 5) is -2.08. The molecule has 0 aromatic heterocycles. The smallest absolute Gasteiger partial charge is 0.397 e. The van der Waals surface area contributed by atoms with Gasteiger partial charge >= 0.3 is 10.4 Å². The Morgan fingerprint density at radius 1 is 0.757 bits per heavy atom. The first-order chi connectivity index (χ1) is 16.9. The Labute approximate surface area is 211 Å². The van der Waals surface area contributed by atoms with Crippen LogP contribution < -0.4 is 5.73 Å². The van der Waals surface area contributed by atoms with Crippen LogP contribution in [0.1, 0.15) is 0 Å². The molecule has 15 nitrogen and oxygen atoms in total. The minimum Gasteiger partial charge on any atom is -0.397 e. The molecule has 3 aromatic carbocycles. The number of anilines is 1. The summed E-state index contributed by atoms with van der Waals surface area (Å²) in [5.74, 6) is -0.971. The summed E-state index contributed by atoms with van der Waals surface area (Å²) in [5.41, 5.74) is 5.24. The van der Waals surface area contributed by atoms with Gasteiger partial charge in [-0.05, 0) is 30.3 Å². The summed E-state index contributed by atoms with van der Waals surface area (Å²) in [6.45, 7) is -0.976. The topological polar surface area (TPSA) is 257 Å². The Bertz CT molecular complexity index is 1850. The van der Waals surface area contributed by atoms with E-state index < -0.39 is 73.2 Å². The Balaban J connectivity index is 2.10. The van der Waals surface area contributed by atoms with Gasteiger partial charge in [-0.2, -0.15) is 25.3 Å². The molecule has 37 heavy (non-hydrogen) atoms. The number of hydrogen-bond donors (Lipinski definition) is 4. The van der Waals surface area contributed by atoms with Crippen LogP contribution in [0, 0.1) is 0 Å². The van der Waals surface area contributed by atoms with Gasteiger partial charge in [-0.3, -0.25) is 13.7 Å². The minimum absolute atomic E-state index is 0.0184. The van der Waals surface area contributed by atoms with E-state index >= 15 is 0 Å². The molecule has 0 heterocycles. The fourth-order valence-corrected chi connectivity index (χ4v) is 6.06. The van der Waals surface area contributed by atoms with Gasteiger partial charge in [0.2, 0.25) is 0 Å². The van der Waals surface area contributed by atoms with Crippen LogP contribution in [0.2, 0.25) is 0 Å². The van der Waals surface area contributed by atoms with Gasteiger partial charge in [0.05, 0.1) is 22.9 Å². The van der Waals surface area contributed by atoms with Crippen LogP contribution in [0.25, 0.3) is 10.8 Å². The van der Waals surface area contributed by atoms with E-state index in [1.807, 2.05) is 0 Å². The summed E-state index contributed by atoms with van der Waals surface area (Å²) >= 11 is 0. The fourth-order valence-electron chi connectivity index (χ4n) is 3.11. The summed E-state index contributed by atoms with van der Waals surface area (Å²) in [6, 6.07) is 8.73. The summed E-state index contributed by atoms with van der Waals surface area (Å²) in [5, 5.41) is 7.72. The first kappa shape index (κ1) is 28.5. The molecule has 0 fully saturated rings. The highest BCUT2D eigenvalue weighted by Crippen LogP contribution is 2.37. The van der Waals surface area contributed by atoms with Crippen LogP contribution in [0.5, 0.6) is 0 Å². The maximum Gasteiger partial charge on any atom is 0.397 e. The average Bonchev–Trinajstić information content (AvgIpc) is 2.75. The van der Waals surface area contributed by atoms with E-state index in [-0.39, 0.29) is 22.1 Å². The molecule has 0 spiro atoms. The molecule has 0 aliphatic carbocycles. The van der Waals surface area contributed by atoms with E-state index in [1.54, 1.807) is 0 Å². The molecule has 0 aliphatic rings. The predicted octanol–water partition coefficient (Wildman–Crippen LogP) is 1.92. The number of rotatable bonds is 9. The van der Waals surface area contributed by atoms with Gasteiger partial charge < -0.3 is 5.73 Å². The number of fused-ring (bicyclic) bond motifs is 1. The van der Waals surface area contributed by atoms with Gasteiger partial charge in [-0.15, -0.1) is 10.2 Å². The highest BCUT2D eigenvalue weighted by atomic mass is 32.3. The summed E-state index contributed by atoms with van der Waals surface area (Å²) in [7, 11) is -19.0. The average molecular weight is 596 g/mol. The lowest BCUT2D eigenvalue weighted by atomic mass is 10.1. The molecule has 200 valence electrons. The molecule has 0 radical (unpaired) electrons. The van der Waals surface area contributed by atoms with Crippen molar-refractivity contribution in [2.75, 3.05) is 18.1 Å². The van der Waals surface area contributed by atoms with Crippen molar-refractivity contribution in [1.29, 1.82) is 0 Å². The van der Waals surface area contributed by atoms with Crippen molar-refractivity contribution in [1.82, 2.24) is 0 Å². The number of sulfone groups is 1. The number of nitrogens with zero attached hydrogens (tertiary/aromatic N) is 2. The standard InChI is InChI=1S/C18H17N3O12S4/c19-14-6-5-12-13(2-1-3-16(12)35(24,25)26)18(14)21-20-15-7-4-11(10-17(15)36(27,28)29)34(22,23)9-8-33-37(30,31)32/h1-7,10H,8-9,19H2,(H,24,25,26)(H,27,28,29)(H,30,31,32). The maximum absolute atomic E-state index is 12.4. The van der Waals surface area contributed by atoms with Crippen molar-refractivity contribution >= 4 is 68.3 Å². The van der Waals surface area contributed by atoms with E-state index in [1.165, 1.54) is 24.3 Å². The van der Waals surface area contributed by atoms with Crippen molar-refractivity contribution in [3.8, 4) is 0 Å². The molecule has 0 saturated carbocycles. The number of benzene rings is 3. The number of hydrogen-bond acceptors (Lipinski definition) is 12. The lowest BCUT2D eigenvalue weighted by Crippen LogP contribution is -2.16. The second-order valence-electron chi connectivity index (χ2n) is 7.20. The van der Waals surface area contributed by atoms with E-state index in [2.05, 4.69) is 14.4 Å². The molecule has 0 saturated heterocycles. The lowest BCUT2D eigenvalue weighted by Gasteiger charge is -2.09. The Morgan fingerprint density at radius 3 is 2.00 bits per heavy atom. The third-order valence-electron chi connectivity index (χ3n) is 4.71. The zero-order chi connectivity index (χ0) is 27.8. The van der Waals surface area contributed by atoms with Crippen LogP contribution >= 0.6 is 0 Å². The van der Waals surface area contributed by atoms with Crippen LogP contribution in [0.4, 0.5) is 17.1 Å². The quantitative estimate of drug-likeness (QED) is 0.157. The Morgan fingerprint density at radius 2 is 1.41 bits per heavy atom. The van der Waals surface area contributed by atoms with Gasteiger partial charge in [0, 0.05) is 10.8 Å². The van der Waals surface area contributed by atoms with Crippen molar-refractivity contribution in [2.24, 2.45) is 10.2 Å². The van der Waals surface area contributed by atoms with Gasteiger partial charge in [0.25, 0.3) is 20.2 Å². The first-order valence-electron chi connectivity index (χ1n) is 9.57. The van der Waals surface area contributed by atoms with E-state index in [9.17, 15) is 42.8 Å². The molecule has 0 unspecified atom stereocenters. The number of azo groups is 1. The molecule has 0 amide bonds. The van der Waals surface area contributed by atoms with Gasteiger partial charge in [0.15, 0.2) is 9.84 Å². The van der Waals surface area contributed by atoms with E-state index in [0.717, 1.165) is 18.2 Å². The summed E-state index contributed by atoms with van der Waals surface area (Å²) < 4.78 is 125. The molecule has 3 rings (SSSR count). The highest BCUT2D eigenvalue weighted by Gasteiger charge is 2.23. The molecule has 3 aromatic rings. The predicted molar refractivity (Wildman–Crippen MR) is 128 cm³/mol. The lowest BCUT2D eigenvalue weighted by molar-refractivity contribution is 0.284. The molecule has 19 heteroatoms. The van der Waals surface area contributed by atoms with Crippen LogP contribution in [-0.4, -0.2) is 59.7 Å². The molecule has 0 aliphatic heterocycles. The molecule has 0 bridgehead atoms. The van der Waals surface area contributed by atoms with Crippen LogP contribution in [0.15, 0.2) is 73.4 Å². The zero-order valence-corrected chi connectivity index (χ0v) is 21.4. The Hall–Kier alpha value is -3.04. The second kappa shape index (κ2) is 10.0. The number of nitrogen functional groups attached to an aromatic ring is 1. The maximum atomic E-state index is 12.4. The SMILES string of the molecule is Nc1ccc2c(S(=O)(=O)O)cccc2c1N=Nc1ccc(S(=O)(=O)CCOS(=O)(=O)O)cc1S(=O)(=O)O. The van der Waals surface area contributed by atoms with Crippen molar-refractivity contribution < 1.29 is 51.5 Å². The zero-order valence-electron chi connectivity index (χ0n) is 18.2. The van der Waals surface area contributed by atoms with E-state index in [0.29, 0.717) is 6.07 Å². The second-order valence-corrected chi connectivity index (χ2v) is 13.2. The minimum atomic E-state index is -5.07. The molecule has 5 N–H and O–H groups in total.